The first-order chi connectivity index (χ1) is 9.49. The van der Waals surface area contributed by atoms with Gasteiger partial charge >= 0.3 is 0 Å². The van der Waals surface area contributed by atoms with Crippen LogP contribution in [0.15, 0.2) is 42.5 Å². The third-order valence-electron chi connectivity index (χ3n) is 3.18. The molecule has 0 heterocycles. The van der Waals surface area contributed by atoms with Crippen LogP contribution in [-0.2, 0) is 6.54 Å². The summed E-state index contributed by atoms with van der Waals surface area (Å²) in [5.74, 6) is -0.681. The van der Waals surface area contributed by atoms with E-state index in [1.807, 2.05) is 0 Å². The molecule has 0 fully saturated rings. The van der Waals surface area contributed by atoms with Crippen LogP contribution in [0, 0.1) is 11.6 Å². The van der Waals surface area contributed by atoms with E-state index in [-0.39, 0.29) is 11.6 Å². The molecule has 20 heavy (non-hydrogen) atoms. The van der Waals surface area contributed by atoms with E-state index in [1.54, 1.807) is 43.1 Å². The lowest BCUT2D eigenvalue weighted by Gasteiger charge is -2.24. The van der Waals surface area contributed by atoms with Crippen LogP contribution < -0.4 is 4.90 Å². The number of hydrogen-bond acceptors (Lipinski definition) is 2. The van der Waals surface area contributed by atoms with Gasteiger partial charge in [0.05, 0.1) is 11.8 Å². The molecule has 0 aliphatic heterocycles. The molecule has 106 valence electrons. The van der Waals surface area contributed by atoms with Gasteiger partial charge < -0.3 is 10.0 Å². The van der Waals surface area contributed by atoms with E-state index >= 15 is 0 Å². The highest BCUT2D eigenvalue weighted by molar-refractivity contribution is 5.55. The molecule has 0 aliphatic carbocycles. The minimum atomic E-state index is -0.753. The van der Waals surface area contributed by atoms with Gasteiger partial charge in [-0.3, -0.25) is 0 Å². The van der Waals surface area contributed by atoms with E-state index in [0.29, 0.717) is 17.8 Å². The summed E-state index contributed by atoms with van der Waals surface area (Å²) in [7, 11) is 1.74. The minimum Gasteiger partial charge on any atom is -0.389 e. The second-order valence-corrected chi connectivity index (χ2v) is 4.84. The summed E-state index contributed by atoms with van der Waals surface area (Å²) >= 11 is 0. The quantitative estimate of drug-likeness (QED) is 0.922. The molecule has 1 N–H and O–H groups in total. The smallest absolute Gasteiger partial charge is 0.146 e. The predicted molar refractivity (Wildman–Crippen MR) is 75.5 cm³/mol. The van der Waals surface area contributed by atoms with Crippen LogP contribution >= 0.6 is 0 Å². The van der Waals surface area contributed by atoms with Crippen molar-refractivity contribution in [2.45, 2.75) is 19.6 Å². The molecule has 0 bridgehead atoms. The summed E-state index contributed by atoms with van der Waals surface area (Å²) in [6.07, 6.45) is -0.753. The van der Waals surface area contributed by atoms with Gasteiger partial charge in [-0.1, -0.05) is 24.3 Å². The summed E-state index contributed by atoms with van der Waals surface area (Å²) < 4.78 is 26.9. The molecule has 1 atom stereocenters. The van der Waals surface area contributed by atoms with Crippen molar-refractivity contribution in [1.82, 2.24) is 0 Å². The molecule has 0 saturated carbocycles. The van der Waals surface area contributed by atoms with Crippen LogP contribution in [0.1, 0.15) is 24.2 Å². The number of nitrogens with zero attached hydrogens (tertiary/aromatic N) is 1. The highest BCUT2D eigenvalue weighted by Gasteiger charge is 2.16. The van der Waals surface area contributed by atoms with Gasteiger partial charge in [0.15, 0.2) is 0 Å². The van der Waals surface area contributed by atoms with E-state index in [9.17, 15) is 13.9 Å². The average Bonchev–Trinajstić information content (AvgIpc) is 2.40. The van der Waals surface area contributed by atoms with Crippen LogP contribution in [-0.4, -0.2) is 12.2 Å². The first-order valence-corrected chi connectivity index (χ1v) is 6.41. The van der Waals surface area contributed by atoms with Crippen LogP contribution in [0.4, 0.5) is 14.5 Å². The van der Waals surface area contributed by atoms with E-state index in [0.717, 1.165) is 5.56 Å². The van der Waals surface area contributed by atoms with Crippen molar-refractivity contribution in [2.24, 2.45) is 0 Å². The van der Waals surface area contributed by atoms with Crippen molar-refractivity contribution < 1.29 is 13.9 Å². The minimum absolute atomic E-state index is 0.299. The summed E-state index contributed by atoms with van der Waals surface area (Å²) in [5, 5.41) is 9.74. The van der Waals surface area contributed by atoms with Gasteiger partial charge in [-0.2, -0.15) is 0 Å². The van der Waals surface area contributed by atoms with Crippen LogP contribution in [0.25, 0.3) is 0 Å². The van der Waals surface area contributed by atoms with Gasteiger partial charge in [0.1, 0.15) is 11.6 Å². The summed E-state index contributed by atoms with van der Waals surface area (Å²) in [4.78, 5) is 1.71. The molecule has 0 radical (unpaired) electrons. The number of rotatable bonds is 4. The van der Waals surface area contributed by atoms with E-state index in [1.165, 1.54) is 18.2 Å². The topological polar surface area (TPSA) is 23.5 Å². The third kappa shape index (κ3) is 3.14. The lowest BCUT2D eigenvalue weighted by Crippen LogP contribution is -2.20. The molecule has 4 heteroatoms. The summed E-state index contributed by atoms with van der Waals surface area (Å²) in [6.45, 7) is 2.03. The van der Waals surface area contributed by atoms with Crippen molar-refractivity contribution in [2.75, 3.05) is 11.9 Å². The molecule has 1 unspecified atom stereocenters. The first-order valence-electron chi connectivity index (χ1n) is 6.41. The Labute approximate surface area is 117 Å². The van der Waals surface area contributed by atoms with Crippen molar-refractivity contribution in [3.05, 3.63) is 65.2 Å². The summed E-state index contributed by atoms with van der Waals surface area (Å²) in [6, 6.07) is 10.7. The molecule has 2 aromatic carbocycles. The van der Waals surface area contributed by atoms with Crippen LogP contribution in [0.3, 0.4) is 0 Å². The monoisotopic (exact) mass is 277 g/mol. The molecule has 0 aromatic heterocycles. The second kappa shape index (κ2) is 6.01. The normalized spacial score (nSPS) is 12.2. The third-order valence-corrected chi connectivity index (χ3v) is 3.18. The molecule has 2 nitrogen and oxygen atoms in total. The fraction of sp³-hybridized carbons (Fsp3) is 0.250. The largest absolute Gasteiger partial charge is 0.389 e. The Morgan fingerprint density at radius 3 is 2.35 bits per heavy atom. The number of hydrogen-bond donors (Lipinski definition) is 1. The Bertz CT molecular complexity index is 582. The number of aliphatic hydroxyl groups is 1. The molecule has 0 spiro atoms. The lowest BCUT2D eigenvalue weighted by molar-refractivity contribution is 0.199. The zero-order valence-corrected chi connectivity index (χ0v) is 11.5. The molecule has 2 aromatic rings. The van der Waals surface area contributed by atoms with Crippen LogP contribution in [0.5, 0.6) is 0 Å². The van der Waals surface area contributed by atoms with Crippen molar-refractivity contribution >= 4 is 5.69 Å². The standard InChI is InChI=1S/C16H17F2NO/c1-11(20)14-4-3-5-15(18)16(14)19(2)10-12-6-8-13(17)9-7-12/h3-9,11,20H,10H2,1-2H3. The SMILES string of the molecule is CC(O)c1cccc(F)c1N(C)Cc1ccc(F)cc1. The van der Waals surface area contributed by atoms with Gasteiger partial charge in [0.25, 0.3) is 0 Å². The van der Waals surface area contributed by atoms with Crippen molar-refractivity contribution in [3.8, 4) is 0 Å². The maximum absolute atomic E-state index is 14.0. The van der Waals surface area contributed by atoms with Gasteiger partial charge in [0.2, 0.25) is 0 Å². The highest BCUT2D eigenvalue weighted by Crippen LogP contribution is 2.29. The Morgan fingerprint density at radius 2 is 1.75 bits per heavy atom. The molecule has 0 aliphatic rings. The maximum atomic E-state index is 14.0. The Hall–Kier alpha value is -1.94. The molecule has 0 amide bonds. The van der Waals surface area contributed by atoms with E-state index in [2.05, 4.69) is 0 Å². The summed E-state index contributed by atoms with van der Waals surface area (Å²) in [5.41, 5.74) is 1.77. The number of benzene rings is 2. The van der Waals surface area contributed by atoms with Gasteiger partial charge in [-0.25, -0.2) is 8.78 Å². The van der Waals surface area contributed by atoms with Crippen molar-refractivity contribution in [1.29, 1.82) is 0 Å². The molecular formula is C16H17F2NO. The van der Waals surface area contributed by atoms with Gasteiger partial charge in [-0.15, -0.1) is 0 Å². The number of anilines is 1. The first kappa shape index (κ1) is 14.5. The van der Waals surface area contributed by atoms with Crippen molar-refractivity contribution in [3.63, 3.8) is 0 Å². The fourth-order valence-corrected chi connectivity index (χ4v) is 2.21. The number of aliphatic hydroxyl groups excluding tert-OH is 1. The Balaban J connectivity index is 2.29. The number of halogens is 2. The molecular weight excluding hydrogens is 260 g/mol. The fourth-order valence-electron chi connectivity index (χ4n) is 2.21. The highest BCUT2D eigenvalue weighted by atomic mass is 19.1. The number of para-hydroxylation sites is 1. The predicted octanol–water partition coefficient (Wildman–Crippen LogP) is 3.65. The van der Waals surface area contributed by atoms with E-state index < -0.39 is 6.10 Å². The molecule has 0 saturated heterocycles. The second-order valence-electron chi connectivity index (χ2n) is 4.84. The van der Waals surface area contributed by atoms with E-state index in [4.69, 9.17) is 0 Å². The zero-order chi connectivity index (χ0) is 14.7. The lowest BCUT2D eigenvalue weighted by atomic mass is 10.1. The van der Waals surface area contributed by atoms with Gasteiger partial charge in [-0.05, 0) is 30.7 Å². The average molecular weight is 277 g/mol. The Kier molecular flexibility index (Phi) is 4.35. The maximum Gasteiger partial charge on any atom is 0.146 e. The Morgan fingerprint density at radius 1 is 1.10 bits per heavy atom. The molecule has 2 rings (SSSR count). The van der Waals surface area contributed by atoms with Crippen LogP contribution in [0.2, 0.25) is 0 Å². The van der Waals surface area contributed by atoms with Gasteiger partial charge in [0, 0.05) is 19.2 Å². The zero-order valence-electron chi connectivity index (χ0n) is 11.5.